The average molecular weight is 313 g/mol. The van der Waals surface area contributed by atoms with E-state index < -0.39 is 0 Å². The minimum atomic E-state index is -0.192. The third-order valence-electron chi connectivity index (χ3n) is 2.47. The molecule has 0 saturated carbocycles. The van der Waals surface area contributed by atoms with Gasteiger partial charge in [0.1, 0.15) is 5.82 Å². The van der Waals surface area contributed by atoms with Crippen LogP contribution >= 0.6 is 23.4 Å². The van der Waals surface area contributed by atoms with Crippen molar-refractivity contribution in [2.45, 2.75) is 11.7 Å². The molecule has 0 saturated heterocycles. The second kappa shape index (κ2) is 6.69. The molecule has 20 heavy (non-hydrogen) atoms. The molecule has 106 valence electrons. The van der Waals surface area contributed by atoms with Crippen molar-refractivity contribution in [3.05, 3.63) is 29.3 Å². The molecule has 0 radical (unpaired) electrons. The fourth-order valence-corrected chi connectivity index (χ4v) is 2.34. The van der Waals surface area contributed by atoms with Gasteiger partial charge in [-0.15, -0.1) is 10.2 Å². The van der Waals surface area contributed by atoms with Crippen molar-refractivity contribution in [1.82, 2.24) is 19.7 Å². The predicted octanol–water partition coefficient (Wildman–Crippen LogP) is 1.05. The summed E-state index contributed by atoms with van der Waals surface area (Å²) in [6.07, 6.45) is 1.56. The molecule has 0 fully saturated rings. The molecule has 9 heteroatoms. The Morgan fingerprint density at radius 2 is 2.35 bits per heavy atom. The summed E-state index contributed by atoms with van der Waals surface area (Å²) in [6.45, 7) is 0.307. The highest BCUT2D eigenvalue weighted by Crippen LogP contribution is 2.19. The number of pyridine rings is 1. The minimum absolute atomic E-state index is 0.192. The first kappa shape index (κ1) is 14.8. The summed E-state index contributed by atoms with van der Waals surface area (Å²) in [6, 6.07) is 3.39. The van der Waals surface area contributed by atoms with Crippen LogP contribution in [0.1, 0.15) is 5.82 Å². The van der Waals surface area contributed by atoms with Gasteiger partial charge < -0.3 is 15.6 Å². The normalized spacial score (nSPS) is 10.6. The summed E-state index contributed by atoms with van der Waals surface area (Å²) in [5.74, 6) is 0.673. The third-order valence-corrected chi connectivity index (χ3v) is 3.79. The van der Waals surface area contributed by atoms with Gasteiger partial charge in [-0.3, -0.25) is 4.79 Å². The molecule has 3 N–H and O–H groups in total. The number of rotatable bonds is 5. The van der Waals surface area contributed by atoms with Crippen LogP contribution in [0, 0.1) is 0 Å². The third kappa shape index (κ3) is 3.47. The molecule has 0 aliphatic heterocycles. The molecule has 0 aromatic carbocycles. The number of nitrogens with zero attached hydrogens (tertiary/aromatic N) is 4. The van der Waals surface area contributed by atoms with E-state index in [4.69, 9.17) is 17.3 Å². The van der Waals surface area contributed by atoms with Gasteiger partial charge in [0.25, 0.3) is 0 Å². The summed E-state index contributed by atoms with van der Waals surface area (Å²) in [7, 11) is 1.81. The molecule has 7 nitrogen and oxygen atoms in total. The first-order valence-corrected chi connectivity index (χ1v) is 7.09. The van der Waals surface area contributed by atoms with Crippen LogP contribution in [0.25, 0.3) is 0 Å². The largest absolute Gasteiger partial charge is 0.324 e. The Balaban J connectivity index is 1.92. The van der Waals surface area contributed by atoms with Gasteiger partial charge in [0.15, 0.2) is 10.3 Å². The van der Waals surface area contributed by atoms with Crippen molar-refractivity contribution in [1.29, 1.82) is 0 Å². The lowest BCUT2D eigenvalue weighted by atomic mass is 10.4. The van der Waals surface area contributed by atoms with Crippen LogP contribution in [-0.2, 0) is 18.4 Å². The van der Waals surface area contributed by atoms with Crippen molar-refractivity contribution in [2.75, 3.05) is 11.1 Å². The molecule has 0 unspecified atom stereocenters. The van der Waals surface area contributed by atoms with Crippen LogP contribution in [0.5, 0.6) is 0 Å². The van der Waals surface area contributed by atoms with Gasteiger partial charge in [-0.2, -0.15) is 0 Å². The Kier molecular flexibility index (Phi) is 4.94. The maximum absolute atomic E-state index is 11.8. The van der Waals surface area contributed by atoms with Crippen LogP contribution in [0.15, 0.2) is 23.5 Å². The van der Waals surface area contributed by atoms with E-state index in [1.165, 1.54) is 11.8 Å². The highest BCUT2D eigenvalue weighted by atomic mass is 35.5. The Morgan fingerprint density at radius 1 is 1.55 bits per heavy atom. The summed E-state index contributed by atoms with van der Waals surface area (Å²) >= 11 is 7.13. The topological polar surface area (TPSA) is 98.7 Å². The van der Waals surface area contributed by atoms with Crippen LogP contribution in [0.3, 0.4) is 0 Å². The molecule has 2 heterocycles. The molecular weight excluding hydrogens is 300 g/mol. The zero-order valence-electron chi connectivity index (χ0n) is 10.7. The molecule has 1 amide bonds. The van der Waals surface area contributed by atoms with Gasteiger partial charge in [-0.25, -0.2) is 4.98 Å². The maximum Gasteiger partial charge on any atom is 0.234 e. The van der Waals surface area contributed by atoms with E-state index in [2.05, 4.69) is 20.5 Å². The lowest BCUT2D eigenvalue weighted by Gasteiger charge is -2.06. The molecule has 0 aliphatic carbocycles. The number of nitrogens with two attached hydrogens (primary N) is 1. The van der Waals surface area contributed by atoms with Crippen molar-refractivity contribution in [3.8, 4) is 0 Å². The van der Waals surface area contributed by atoms with E-state index >= 15 is 0 Å². The molecule has 0 atom stereocenters. The summed E-state index contributed by atoms with van der Waals surface area (Å²) < 4.78 is 1.76. The number of amides is 1. The fraction of sp³-hybridized carbons (Fsp3) is 0.273. The van der Waals surface area contributed by atoms with E-state index in [1.807, 2.05) is 0 Å². The molecule has 0 aliphatic rings. The lowest BCUT2D eigenvalue weighted by molar-refractivity contribution is -0.113. The van der Waals surface area contributed by atoms with Crippen LogP contribution in [0.4, 0.5) is 5.69 Å². The van der Waals surface area contributed by atoms with Crippen LogP contribution < -0.4 is 11.1 Å². The van der Waals surface area contributed by atoms with E-state index in [0.717, 1.165) is 0 Å². The highest BCUT2D eigenvalue weighted by molar-refractivity contribution is 7.99. The number of carbonyl (C=O) groups excluding carboxylic acids is 1. The SMILES string of the molecule is Cn1c(CN)nnc1SCC(=O)Nc1cccnc1Cl. The van der Waals surface area contributed by atoms with E-state index in [-0.39, 0.29) is 16.8 Å². The van der Waals surface area contributed by atoms with Gasteiger partial charge in [-0.05, 0) is 12.1 Å². The number of anilines is 1. The minimum Gasteiger partial charge on any atom is -0.324 e. The lowest BCUT2D eigenvalue weighted by Crippen LogP contribution is -2.15. The molecule has 0 spiro atoms. The highest BCUT2D eigenvalue weighted by Gasteiger charge is 2.11. The number of aromatic nitrogens is 4. The molecule has 0 bridgehead atoms. The van der Waals surface area contributed by atoms with Crippen LogP contribution in [-0.4, -0.2) is 31.4 Å². The van der Waals surface area contributed by atoms with Crippen LogP contribution in [0.2, 0.25) is 5.15 Å². The van der Waals surface area contributed by atoms with Gasteiger partial charge in [0, 0.05) is 13.2 Å². The predicted molar refractivity (Wildman–Crippen MR) is 77.5 cm³/mol. The summed E-state index contributed by atoms with van der Waals surface area (Å²) in [4.78, 5) is 15.7. The maximum atomic E-state index is 11.8. The Morgan fingerprint density at radius 3 is 3.00 bits per heavy atom. The molecule has 2 aromatic heterocycles. The summed E-state index contributed by atoms with van der Waals surface area (Å²) in [5.41, 5.74) is 5.99. The van der Waals surface area contributed by atoms with Gasteiger partial charge in [0.2, 0.25) is 5.91 Å². The number of nitrogens with one attached hydrogen (secondary N) is 1. The standard InChI is InChI=1S/C11H13ClN6OS/c1-18-8(5-13)16-17-11(18)20-6-9(19)15-7-3-2-4-14-10(7)12/h2-4H,5-6,13H2,1H3,(H,15,19). The van der Waals surface area contributed by atoms with Crippen molar-refractivity contribution < 1.29 is 4.79 Å². The smallest absolute Gasteiger partial charge is 0.234 e. The quantitative estimate of drug-likeness (QED) is 0.632. The Labute approximate surface area is 124 Å². The van der Waals surface area contributed by atoms with E-state index in [9.17, 15) is 4.79 Å². The van der Waals surface area contributed by atoms with E-state index in [0.29, 0.717) is 23.2 Å². The van der Waals surface area contributed by atoms with Gasteiger partial charge in [-0.1, -0.05) is 23.4 Å². The number of halogens is 1. The van der Waals surface area contributed by atoms with Gasteiger partial charge in [0.05, 0.1) is 18.0 Å². The fourth-order valence-electron chi connectivity index (χ4n) is 1.44. The van der Waals surface area contributed by atoms with Gasteiger partial charge >= 0.3 is 0 Å². The first-order chi connectivity index (χ1) is 9.61. The number of carbonyl (C=O) groups is 1. The first-order valence-electron chi connectivity index (χ1n) is 5.73. The van der Waals surface area contributed by atoms with Crippen molar-refractivity contribution in [3.63, 3.8) is 0 Å². The van der Waals surface area contributed by atoms with Crippen molar-refractivity contribution in [2.24, 2.45) is 12.8 Å². The Hall–Kier alpha value is -1.64. The number of hydrogen-bond acceptors (Lipinski definition) is 6. The average Bonchev–Trinajstić information content (AvgIpc) is 2.79. The zero-order valence-corrected chi connectivity index (χ0v) is 12.3. The van der Waals surface area contributed by atoms with E-state index in [1.54, 1.807) is 29.9 Å². The molecule has 2 rings (SSSR count). The number of hydrogen-bond donors (Lipinski definition) is 2. The number of thioether (sulfide) groups is 1. The molecular formula is C11H13ClN6OS. The monoisotopic (exact) mass is 312 g/mol. The summed E-state index contributed by atoms with van der Waals surface area (Å²) in [5, 5.41) is 11.5. The Bertz CT molecular complexity index is 617. The second-order valence-electron chi connectivity index (χ2n) is 3.84. The van der Waals surface area contributed by atoms with Crippen molar-refractivity contribution >= 4 is 35.0 Å². The zero-order chi connectivity index (χ0) is 14.5. The second-order valence-corrected chi connectivity index (χ2v) is 5.14. The molecule has 2 aromatic rings.